The van der Waals surface area contributed by atoms with Crippen molar-refractivity contribution < 1.29 is 13.5 Å². The van der Waals surface area contributed by atoms with E-state index in [-0.39, 0.29) is 6.10 Å². The summed E-state index contributed by atoms with van der Waals surface area (Å²) in [6.45, 7) is 0.333. The fraction of sp³-hybridized carbons (Fsp3) is 0.214. The Labute approximate surface area is 109 Å². The summed E-state index contributed by atoms with van der Waals surface area (Å²) in [5.41, 5.74) is 8.16. The topological polar surface area (TPSA) is 47.6 Å². The van der Waals surface area contributed by atoms with Crippen LogP contribution >= 0.6 is 0 Å². The second-order valence-electron chi connectivity index (χ2n) is 4.45. The van der Waals surface area contributed by atoms with Crippen molar-refractivity contribution in [1.82, 2.24) is 0 Å². The fourth-order valence-corrected chi connectivity index (χ4v) is 2.24. The van der Waals surface area contributed by atoms with E-state index in [1.807, 2.05) is 6.08 Å². The average Bonchev–Trinajstić information content (AvgIpc) is 2.79. The van der Waals surface area contributed by atoms with E-state index in [0.29, 0.717) is 24.2 Å². The van der Waals surface area contributed by atoms with Gasteiger partial charge in [0.15, 0.2) is 0 Å². The molecule has 0 aromatic heterocycles. The van der Waals surface area contributed by atoms with Crippen LogP contribution in [0.15, 0.2) is 41.1 Å². The molecule has 0 saturated carbocycles. The van der Waals surface area contributed by atoms with E-state index in [4.69, 9.17) is 10.5 Å². The summed E-state index contributed by atoms with van der Waals surface area (Å²) in [5.74, 6) is -1.23. The minimum Gasteiger partial charge on any atom is -0.491 e. The number of ether oxygens (including phenoxy) is 1. The molecule has 2 aliphatic rings. The van der Waals surface area contributed by atoms with Gasteiger partial charge in [0.1, 0.15) is 17.7 Å². The molecule has 98 valence electrons. The molecule has 2 heterocycles. The number of rotatable bonds is 2. The zero-order chi connectivity index (χ0) is 13.4. The Kier molecular flexibility index (Phi) is 2.91. The first-order valence-electron chi connectivity index (χ1n) is 5.97. The summed E-state index contributed by atoms with van der Waals surface area (Å²) in [4.78, 5) is 4.42. The van der Waals surface area contributed by atoms with Crippen molar-refractivity contribution in [2.45, 2.75) is 12.5 Å². The van der Waals surface area contributed by atoms with Gasteiger partial charge >= 0.3 is 0 Å². The molecule has 1 unspecified atom stereocenters. The molecule has 0 aliphatic carbocycles. The molecule has 1 aromatic rings. The normalized spacial score (nSPS) is 21.2. The van der Waals surface area contributed by atoms with Crippen molar-refractivity contribution in [1.29, 1.82) is 0 Å². The van der Waals surface area contributed by atoms with Gasteiger partial charge < -0.3 is 10.5 Å². The van der Waals surface area contributed by atoms with E-state index in [0.717, 1.165) is 17.4 Å². The van der Waals surface area contributed by atoms with E-state index in [2.05, 4.69) is 4.99 Å². The summed E-state index contributed by atoms with van der Waals surface area (Å²) >= 11 is 0. The van der Waals surface area contributed by atoms with E-state index in [1.54, 1.807) is 6.26 Å². The summed E-state index contributed by atoms with van der Waals surface area (Å²) in [5, 5.41) is 0. The van der Waals surface area contributed by atoms with Crippen molar-refractivity contribution in [3.63, 3.8) is 0 Å². The fourth-order valence-electron chi connectivity index (χ4n) is 2.24. The first-order chi connectivity index (χ1) is 9.17. The second kappa shape index (κ2) is 4.59. The van der Waals surface area contributed by atoms with Gasteiger partial charge in [-0.1, -0.05) is 6.08 Å². The standard InChI is InChI=1S/C14H12F2N2O/c15-10-3-8(4-11(16)5-10)12-1-2-13-14(18-12)9(6-17)7-19-13/h1,3-5,7,13H,2,6,17H2. The lowest BCUT2D eigenvalue weighted by Gasteiger charge is -2.17. The van der Waals surface area contributed by atoms with Crippen LogP contribution in [0.4, 0.5) is 8.78 Å². The van der Waals surface area contributed by atoms with Crippen molar-refractivity contribution in [2.75, 3.05) is 6.54 Å². The molecule has 3 rings (SSSR count). The van der Waals surface area contributed by atoms with Gasteiger partial charge in [-0.25, -0.2) is 13.8 Å². The highest BCUT2D eigenvalue weighted by atomic mass is 19.1. The molecule has 0 fully saturated rings. The maximum Gasteiger partial charge on any atom is 0.144 e. The van der Waals surface area contributed by atoms with Crippen LogP contribution in [-0.2, 0) is 4.74 Å². The molecule has 0 amide bonds. The molecule has 5 heteroatoms. The van der Waals surface area contributed by atoms with E-state index < -0.39 is 11.6 Å². The first-order valence-corrected chi connectivity index (χ1v) is 5.97. The lowest BCUT2D eigenvalue weighted by atomic mass is 10.00. The molecule has 0 radical (unpaired) electrons. The summed E-state index contributed by atoms with van der Waals surface area (Å²) < 4.78 is 31.9. The molecule has 3 nitrogen and oxygen atoms in total. The minimum absolute atomic E-state index is 0.124. The predicted octanol–water partition coefficient (Wildman–Crippen LogP) is 2.39. The Morgan fingerprint density at radius 2 is 2.00 bits per heavy atom. The highest BCUT2D eigenvalue weighted by Crippen LogP contribution is 2.29. The zero-order valence-electron chi connectivity index (χ0n) is 10.1. The number of nitrogens with zero attached hydrogens (tertiary/aromatic N) is 1. The van der Waals surface area contributed by atoms with Crippen LogP contribution < -0.4 is 5.73 Å². The Bertz CT molecular complexity index is 600. The van der Waals surface area contributed by atoms with Crippen molar-refractivity contribution >= 4 is 11.4 Å². The minimum atomic E-state index is -0.615. The van der Waals surface area contributed by atoms with Crippen LogP contribution in [0, 0.1) is 11.6 Å². The van der Waals surface area contributed by atoms with Crippen LogP contribution in [0.1, 0.15) is 12.0 Å². The number of halogens is 2. The lowest BCUT2D eigenvalue weighted by molar-refractivity contribution is 0.217. The molecular weight excluding hydrogens is 250 g/mol. The Hall–Kier alpha value is -2.01. The maximum absolute atomic E-state index is 13.2. The van der Waals surface area contributed by atoms with Gasteiger partial charge in [-0.15, -0.1) is 0 Å². The Balaban J connectivity index is 1.99. The number of hydrogen-bond acceptors (Lipinski definition) is 3. The largest absolute Gasteiger partial charge is 0.491 e. The summed E-state index contributed by atoms with van der Waals surface area (Å²) in [7, 11) is 0. The highest BCUT2D eigenvalue weighted by molar-refractivity contribution is 6.08. The molecule has 2 aliphatic heterocycles. The van der Waals surface area contributed by atoms with E-state index >= 15 is 0 Å². The summed E-state index contributed by atoms with van der Waals surface area (Å²) in [6.07, 6.45) is 3.91. The smallest absolute Gasteiger partial charge is 0.144 e. The van der Waals surface area contributed by atoms with Crippen molar-refractivity contribution in [3.05, 3.63) is 53.3 Å². The zero-order valence-corrected chi connectivity index (χ0v) is 10.1. The highest BCUT2D eigenvalue weighted by Gasteiger charge is 2.28. The third kappa shape index (κ3) is 2.17. The van der Waals surface area contributed by atoms with Crippen molar-refractivity contribution in [2.24, 2.45) is 10.7 Å². The molecule has 2 N–H and O–H groups in total. The number of nitrogens with two attached hydrogens (primary N) is 1. The molecular formula is C14H12F2N2O. The van der Waals surface area contributed by atoms with Crippen LogP contribution in [0.3, 0.4) is 0 Å². The molecule has 0 bridgehead atoms. The second-order valence-corrected chi connectivity index (χ2v) is 4.45. The van der Waals surface area contributed by atoms with Gasteiger partial charge in [0.25, 0.3) is 0 Å². The molecule has 0 saturated heterocycles. The number of fused-ring (bicyclic) bond motifs is 1. The van der Waals surface area contributed by atoms with Gasteiger partial charge in [-0.3, -0.25) is 0 Å². The molecule has 1 aromatic carbocycles. The van der Waals surface area contributed by atoms with Gasteiger partial charge in [0.05, 0.1) is 17.7 Å². The molecule has 1 atom stereocenters. The summed E-state index contributed by atoms with van der Waals surface area (Å²) in [6, 6.07) is 3.37. The van der Waals surface area contributed by atoms with Gasteiger partial charge in [-0.05, 0) is 12.1 Å². The number of aliphatic imine (C=N–C) groups is 1. The monoisotopic (exact) mass is 262 g/mol. The Morgan fingerprint density at radius 1 is 1.26 bits per heavy atom. The number of benzene rings is 1. The average molecular weight is 262 g/mol. The van der Waals surface area contributed by atoms with Crippen LogP contribution in [0.25, 0.3) is 5.70 Å². The van der Waals surface area contributed by atoms with Gasteiger partial charge in [-0.2, -0.15) is 0 Å². The SMILES string of the molecule is NCC1=COC2CC=C(c3cc(F)cc(F)c3)N=C12. The molecule has 0 spiro atoms. The van der Waals surface area contributed by atoms with Crippen molar-refractivity contribution in [3.8, 4) is 0 Å². The van der Waals surface area contributed by atoms with Gasteiger partial charge in [0, 0.05) is 30.2 Å². The predicted molar refractivity (Wildman–Crippen MR) is 68.4 cm³/mol. The lowest BCUT2D eigenvalue weighted by Crippen LogP contribution is -2.23. The van der Waals surface area contributed by atoms with E-state index in [9.17, 15) is 8.78 Å². The van der Waals surface area contributed by atoms with Gasteiger partial charge in [0.2, 0.25) is 0 Å². The number of hydrogen-bond donors (Lipinski definition) is 1. The third-order valence-corrected chi connectivity index (χ3v) is 3.15. The van der Waals surface area contributed by atoms with Crippen LogP contribution in [0.2, 0.25) is 0 Å². The quantitative estimate of drug-likeness (QED) is 0.889. The van der Waals surface area contributed by atoms with E-state index in [1.165, 1.54) is 12.1 Å². The molecule has 19 heavy (non-hydrogen) atoms. The maximum atomic E-state index is 13.2. The van der Waals surface area contributed by atoms with Crippen LogP contribution in [0.5, 0.6) is 0 Å². The Morgan fingerprint density at radius 3 is 2.68 bits per heavy atom. The first kappa shape index (κ1) is 12.0. The third-order valence-electron chi connectivity index (χ3n) is 3.15. The van der Waals surface area contributed by atoms with Crippen LogP contribution in [-0.4, -0.2) is 18.4 Å².